The van der Waals surface area contributed by atoms with Gasteiger partial charge in [-0.05, 0) is 38.2 Å². The second-order valence-electron chi connectivity index (χ2n) is 5.72. The molecule has 1 N–H and O–H groups in total. The highest BCUT2D eigenvalue weighted by Gasteiger charge is 2.29. The number of aromatic nitrogens is 4. The lowest BCUT2D eigenvalue weighted by atomic mass is 10.1. The number of fused-ring (bicyclic) bond motifs is 1. The molecule has 0 spiro atoms. The van der Waals surface area contributed by atoms with Crippen molar-refractivity contribution in [2.45, 2.75) is 44.6 Å². The number of anilines is 1. The van der Waals surface area contributed by atoms with E-state index in [2.05, 4.69) is 20.4 Å². The Kier molecular flexibility index (Phi) is 2.94. The van der Waals surface area contributed by atoms with Crippen molar-refractivity contribution >= 4 is 11.7 Å². The second kappa shape index (κ2) is 4.95. The van der Waals surface area contributed by atoms with E-state index >= 15 is 0 Å². The summed E-state index contributed by atoms with van der Waals surface area (Å²) in [5, 5.41) is 7.26. The molecule has 6 nitrogen and oxygen atoms in total. The molecule has 4 rings (SSSR count). The van der Waals surface area contributed by atoms with Gasteiger partial charge >= 0.3 is 0 Å². The largest absolute Gasteiger partial charge is 0.304 e. The van der Waals surface area contributed by atoms with Crippen molar-refractivity contribution in [1.29, 1.82) is 0 Å². The van der Waals surface area contributed by atoms with Gasteiger partial charge in [-0.1, -0.05) is 0 Å². The van der Waals surface area contributed by atoms with E-state index in [0.717, 1.165) is 43.6 Å². The number of carbonyl (C=O) groups excluding carboxylic acids is 1. The lowest BCUT2D eigenvalue weighted by Crippen LogP contribution is -2.16. The molecule has 0 atom stereocenters. The molecule has 0 radical (unpaired) electrons. The molecule has 1 saturated carbocycles. The summed E-state index contributed by atoms with van der Waals surface area (Å²) in [5.41, 5.74) is 2.52. The van der Waals surface area contributed by atoms with Crippen molar-refractivity contribution in [3.8, 4) is 0 Å². The van der Waals surface area contributed by atoms with Crippen LogP contribution in [0, 0.1) is 0 Å². The average molecular weight is 283 g/mol. The van der Waals surface area contributed by atoms with Gasteiger partial charge in [0.25, 0.3) is 5.91 Å². The standard InChI is InChI=1S/C15H17N5O/c21-15(12-9-11-3-1-2-8-20(11)19-12)18-14-13(10-4-5-10)16-6-7-17-14/h6-7,9-10H,1-5,8H2,(H,17,18,21). The van der Waals surface area contributed by atoms with Crippen LogP contribution in [0.25, 0.3) is 0 Å². The van der Waals surface area contributed by atoms with Crippen molar-refractivity contribution in [2.24, 2.45) is 0 Å². The van der Waals surface area contributed by atoms with Crippen LogP contribution in [0.5, 0.6) is 0 Å². The Morgan fingerprint density at radius 1 is 1.24 bits per heavy atom. The van der Waals surface area contributed by atoms with Crippen LogP contribution < -0.4 is 5.32 Å². The maximum absolute atomic E-state index is 12.4. The van der Waals surface area contributed by atoms with Gasteiger partial charge in [-0.2, -0.15) is 5.10 Å². The lowest BCUT2D eigenvalue weighted by molar-refractivity contribution is 0.102. The molecule has 2 aromatic heterocycles. The molecule has 1 fully saturated rings. The molecule has 6 heteroatoms. The molecule has 21 heavy (non-hydrogen) atoms. The summed E-state index contributed by atoms with van der Waals surface area (Å²) in [6.07, 6.45) is 8.84. The van der Waals surface area contributed by atoms with Crippen molar-refractivity contribution < 1.29 is 4.79 Å². The van der Waals surface area contributed by atoms with Gasteiger partial charge in [0.05, 0.1) is 5.69 Å². The van der Waals surface area contributed by atoms with E-state index in [4.69, 9.17) is 0 Å². The molecule has 108 valence electrons. The predicted octanol–water partition coefficient (Wildman–Crippen LogP) is 2.14. The van der Waals surface area contributed by atoms with Crippen molar-refractivity contribution in [2.75, 3.05) is 5.32 Å². The zero-order chi connectivity index (χ0) is 14.2. The molecule has 0 bridgehead atoms. The van der Waals surface area contributed by atoms with E-state index in [1.165, 1.54) is 6.42 Å². The molecule has 1 aliphatic carbocycles. The van der Waals surface area contributed by atoms with Gasteiger partial charge in [-0.3, -0.25) is 14.5 Å². The summed E-state index contributed by atoms with van der Waals surface area (Å²) >= 11 is 0. The quantitative estimate of drug-likeness (QED) is 0.936. The summed E-state index contributed by atoms with van der Waals surface area (Å²) in [7, 11) is 0. The Labute approximate surface area is 122 Å². The van der Waals surface area contributed by atoms with Crippen LogP contribution in [0.15, 0.2) is 18.5 Å². The minimum Gasteiger partial charge on any atom is -0.304 e. The van der Waals surface area contributed by atoms with E-state index in [-0.39, 0.29) is 5.91 Å². The first kappa shape index (κ1) is 12.5. The number of rotatable bonds is 3. The fraction of sp³-hybridized carbons (Fsp3) is 0.467. The highest BCUT2D eigenvalue weighted by atomic mass is 16.2. The van der Waals surface area contributed by atoms with E-state index in [1.54, 1.807) is 12.4 Å². The number of nitrogens with zero attached hydrogens (tertiary/aromatic N) is 4. The second-order valence-corrected chi connectivity index (χ2v) is 5.72. The SMILES string of the molecule is O=C(Nc1nccnc1C1CC1)c1cc2n(n1)CCCC2. The highest BCUT2D eigenvalue weighted by molar-refractivity contribution is 6.02. The zero-order valence-electron chi connectivity index (χ0n) is 11.7. The van der Waals surface area contributed by atoms with Gasteiger partial charge in [-0.25, -0.2) is 4.98 Å². The molecule has 0 saturated heterocycles. The van der Waals surface area contributed by atoms with Gasteiger partial charge in [0, 0.05) is 30.6 Å². The molecule has 0 unspecified atom stereocenters. The third kappa shape index (κ3) is 2.41. The summed E-state index contributed by atoms with van der Waals surface area (Å²) in [6.45, 7) is 0.904. The van der Waals surface area contributed by atoms with Crippen molar-refractivity contribution in [3.05, 3.63) is 35.5 Å². The fourth-order valence-electron chi connectivity index (χ4n) is 2.80. The fourth-order valence-corrected chi connectivity index (χ4v) is 2.80. The van der Waals surface area contributed by atoms with Gasteiger partial charge in [-0.15, -0.1) is 0 Å². The number of nitrogens with one attached hydrogen (secondary N) is 1. The van der Waals surface area contributed by atoms with Crippen LogP contribution in [-0.4, -0.2) is 25.7 Å². The first-order valence-electron chi connectivity index (χ1n) is 7.50. The third-order valence-corrected chi connectivity index (χ3v) is 4.07. The van der Waals surface area contributed by atoms with Crippen molar-refractivity contribution in [1.82, 2.24) is 19.7 Å². The van der Waals surface area contributed by atoms with E-state index in [1.807, 2.05) is 10.7 Å². The van der Waals surface area contributed by atoms with E-state index in [9.17, 15) is 4.79 Å². The van der Waals surface area contributed by atoms with Crippen LogP contribution >= 0.6 is 0 Å². The maximum Gasteiger partial charge on any atom is 0.277 e. The van der Waals surface area contributed by atoms with Crippen LogP contribution in [-0.2, 0) is 13.0 Å². The Balaban J connectivity index is 1.57. The number of carbonyl (C=O) groups is 1. The highest BCUT2D eigenvalue weighted by Crippen LogP contribution is 2.41. The summed E-state index contributed by atoms with van der Waals surface area (Å²) in [4.78, 5) is 21.0. The Morgan fingerprint density at radius 2 is 2.10 bits per heavy atom. The molecule has 2 aliphatic rings. The number of amides is 1. The Hall–Kier alpha value is -2.24. The molecule has 1 aliphatic heterocycles. The topological polar surface area (TPSA) is 72.7 Å². The van der Waals surface area contributed by atoms with Gasteiger partial charge in [0.1, 0.15) is 0 Å². The maximum atomic E-state index is 12.4. The van der Waals surface area contributed by atoms with Gasteiger partial charge in [0.2, 0.25) is 0 Å². The summed E-state index contributed by atoms with van der Waals surface area (Å²) in [5.74, 6) is 0.833. The summed E-state index contributed by atoms with van der Waals surface area (Å²) in [6, 6.07) is 1.89. The van der Waals surface area contributed by atoms with Crippen molar-refractivity contribution in [3.63, 3.8) is 0 Å². The third-order valence-electron chi connectivity index (χ3n) is 4.07. The molecule has 1 amide bonds. The molecular formula is C15H17N5O. The van der Waals surface area contributed by atoms with Crippen LogP contribution in [0.2, 0.25) is 0 Å². The van der Waals surface area contributed by atoms with Gasteiger partial charge < -0.3 is 5.32 Å². The molecular weight excluding hydrogens is 266 g/mol. The Bertz CT molecular complexity index is 666. The van der Waals surface area contributed by atoms with Crippen LogP contribution in [0.4, 0.5) is 5.82 Å². The zero-order valence-corrected chi connectivity index (χ0v) is 11.7. The minimum atomic E-state index is -0.195. The number of hydrogen-bond acceptors (Lipinski definition) is 4. The molecule has 3 heterocycles. The van der Waals surface area contributed by atoms with Gasteiger partial charge in [0.15, 0.2) is 11.5 Å². The smallest absolute Gasteiger partial charge is 0.277 e. The van der Waals surface area contributed by atoms with E-state index < -0.39 is 0 Å². The Morgan fingerprint density at radius 3 is 2.90 bits per heavy atom. The first-order valence-corrected chi connectivity index (χ1v) is 7.50. The molecule has 0 aromatic carbocycles. The normalized spacial score (nSPS) is 17.3. The first-order chi connectivity index (χ1) is 10.3. The predicted molar refractivity (Wildman–Crippen MR) is 77.1 cm³/mol. The number of aryl methyl sites for hydroxylation is 2. The van der Waals surface area contributed by atoms with Crippen LogP contribution in [0.1, 0.15) is 53.5 Å². The molecule has 2 aromatic rings. The average Bonchev–Trinajstić information content (AvgIpc) is 3.25. The minimum absolute atomic E-state index is 0.195. The van der Waals surface area contributed by atoms with E-state index in [0.29, 0.717) is 17.4 Å². The number of hydrogen-bond donors (Lipinski definition) is 1. The van der Waals surface area contributed by atoms with Crippen LogP contribution in [0.3, 0.4) is 0 Å². The lowest BCUT2D eigenvalue weighted by Gasteiger charge is -2.11. The summed E-state index contributed by atoms with van der Waals surface area (Å²) < 4.78 is 1.94. The monoisotopic (exact) mass is 283 g/mol.